The third kappa shape index (κ3) is 4.27. The molecule has 0 aliphatic heterocycles. The van der Waals surface area contributed by atoms with Crippen molar-refractivity contribution in [1.29, 1.82) is 0 Å². The Morgan fingerprint density at radius 1 is 1.46 bits per heavy atom. The molecule has 0 saturated heterocycles. The van der Waals surface area contributed by atoms with E-state index < -0.39 is 12.0 Å². The Labute approximate surface area is 80.5 Å². The van der Waals surface area contributed by atoms with Gasteiger partial charge in [-0.05, 0) is 18.8 Å². The van der Waals surface area contributed by atoms with Crippen LogP contribution < -0.4 is 5.32 Å². The lowest BCUT2D eigenvalue weighted by Gasteiger charge is -2.30. The fourth-order valence-corrected chi connectivity index (χ4v) is 0.916. The third-order valence-electron chi connectivity index (χ3n) is 2.46. The second-order valence-electron chi connectivity index (χ2n) is 4.55. The van der Waals surface area contributed by atoms with Gasteiger partial charge in [0.15, 0.2) is 0 Å². The minimum atomic E-state index is -0.765. The van der Waals surface area contributed by atoms with Crippen LogP contribution in [0.2, 0.25) is 0 Å². The van der Waals surface area contributed by atoms with Crippen molar-refractivity contribution in [2.24, 2.45) is 5.41 Å². The van der Waals surface area contributed by atoms with E-state index in [4.69, 9.17) is 5.11 Å². The van der Waals surface area contributed by atoms with E-state index in [0.717, 1.165) is 0 Å². The quantitative estimate of drug-likeness (QED) is 0.706. The highest BCUT2D eigenvalue weighted by Crippen LogP contribution is 2.19. The smallest absolute Gasteiger partial charge is 0.320 e. The topological polar surface area (TPSA) is 49.3 Å². The zero-order valence-corrected chi connectivity index (χ0v) is 9.22. The molecule has 0 rings (SSSR count). The normalized spacial score (nSPS) is 16.7. The zero-order chi connectivity index (χ0) is 10.6. The summed E-state index contributed by atoms with van der Waals surface area (Å²) in [5.41, 5.74) is 0.100. The number of carboxylic acids is 1. The van der Waals surface area contributed by atoms with Gasteiger partial charge in [0.25, 0.3) is 0 Å². The predicted molar refractivity (Wildman–Crippen MR) is 53.8 cm³/mol. The minimum absolute atomic E-state index is 0.100. The second kappa shape index (κ2) is 4.61. The van der Waals surface area contributed by atoms with E-state index in [1.807, 2.05) is 13.8 Å². The lowest BCUT2D eigenvalue weighted by molar-refractivity contribution is -0.139. The van der Waals surface area contributed by atoms with Gasteiger partial charge in [-0.1, -0.05) is 27.7 Å². The maximum atomic E-state index is 10.7. The van der Waals surface area contributed by atoms with E-state index in [1.165, 1.54) is 0 Å². The van der Waals surface area contributed by atoms with Gasteiger partial charge in [0, 0.05) is 6.04 Å². The van der Waals surface area contributed by atoms with Crippen LogP contribution in [0.4, 0.5) is 0 Å². The summed E-state index contributed by atoms with van der Waals surface area (Å²) in [6.07, 6.45) is 0.621. The first kappa shape index (κ1) is 12.4. The monoisotopic (exact) mass is 187 g/mol. The average molecular weight is 187 g/mol. The molecule has 0 heterocycles. The summed E-state index contributed by atoms with van der Waals surface area (Å²) < 4.78 is 0. The molecule has 0 aliphatic carbocycles. The van der Waals surface area contributed by atoms with Crippen molar-refractivity contribution in [3.63, 3.8) is 0 Å². The van der Waals surface area contributed by atoms with Gasteiger partial charge >= 0.3 is 5.97 Å². The molecule has 0 saturated carbocycles. The second-order valence-corrected chi connectivity index (χ2v) is 4.55. The number of hydrogen-bond acceptors (Lipinski definition) is 2. The molecule has 0 spiro atoms. The summed E-state index contributed by atoms with van der Waals surface area (Å²) in [5.74, 6) is -0.765. The van der Waals surface area contributed by atoms with E-state index >= 15 is 0 Å². The van der Waals surface area contributed by atoms with Gasteiger partial charge in [0.1, 0.15) is 6.04 Å². The van der Waals surface area contributed by atoms with E-state index in [0.29, 0.717) is 6.42 Å². The minimum Gasteiger partial charge on any atom is -0.480 e. The van der Waals surface area contributed by atoms with Crippen molar-refractivity contribution < 1.29 is 9.90 Å². The molecule has 0 aromatic rings. The van der Waals surface area contributed by atoms with Crippen LogP contribution in [0, 0.1) is 5.41 Å². The summed E-state index contributed by atoms with van der Waals surface area (Å²) in [6.45, 7) is 10.2. The largest absolute Gasteiger partial charge is 0.480 e. The van der Waals surface area contributed by atoms with Crippen molar-refractivity contribution in [3.05, 3.63) is 0 Å². The first-order valence-electron chi connectivity index (χ1n) is 4.78. The Balaban J connectivity index is 4.17. The van der Waals surface area contributed by atoms with Crippen LogP contribution in [-0.2, 0) is 4.79 Å². The van der Waals surface area contributed by atoms with Gasteiger partial charge in [-0.25, -0.2) is 0 Å². The number of rotatable bonds is 4. The summed E-state index contributed by atoms with van der Waals surface area (Å²) in [6, 6.07) is -0.220. The first-order valence-corrected chi connectivity index (χ1v) is 4.78. The van der Waals surface area contributed by atoms with Crippen molar-refractivity contribution in [3.8, 4) is 0 Å². The fraction of sp³-hybridized carbons (Fsp3) is 0.900. The molecule has 3 heteroatoms. The Bertz CT molecular complexity index is 172. The lowest BCUT2D eigenvalue weighted by atomic mass is 9.87. The van der Waals surface area contributed by atoms with Crippen LogP contribution in [0.15, 0.2) is 0 Å². The Hall–Kier alpha value is -0.570. The SMILES string of the molecule is CC[C@@H](N[C@H](C)C(C)(C)C)C(=O)O. The summed E-state index contributed by atoms with van der Waals surface area (Å²) in [4.78, 5) is 10.7. The molecule has 0 radical (unpaired) electrons. The first-order chi connectivity index (χ1) is 5.79. The van der Waals surface area contributed by atoms with Crippen LogP contribution in [-0.4, -0.2) is 23.2 Å². The molecule has 2 N–H and O–H groups in total. The van der Waals surface area contributed by atoms with Gasteiger partial charge in [0.2, 0.25) is 0 Å². The highest BCUT2D eigenvalue weighted by molar-refractivity contribution is 5.73. The fourth-order valence-electron chi connectivity index (χ4n) is 0.916. The molecule has 0 aromatic carbocycles. The Morgan fingerprint density at radius 3 is 2.15 bits per heavy atom. The molecule has 0 bridgehead atoms. The maximum Gasteiger partial charge on any atom is 0.320 e. The summed E-state index contributed by atoms with van der Waals surface area (Å²) >= 11 is 0. The standard InChI is InChI=1S/C10H21NO2/c1-6-8(9(12)13)11-7(2)10(3,4)5/h7-8,11H,6H2,1-5H3,(H,12,13)/t7-,8-/m1/s1. The van der Waals surface area contributed by atoms with Crippen LogP contribution in [0.25, 0.3) is 0 Å². The van der Waals surface area contributed by atoms with Crippen molar-refractivity contribution in [2.75, 3.05) is 0 Å². The lowest BCUT2D eigenvalue weighted by Crippen LogP contribution is -2.47. The zero-order valence-electron chi connectivity index (χ0n) is 9.22. The van der Waals surface area contributed by atoms with Crippen LogP contribution >= 0.6 is 0 Å². The number of hydrogen-bond donors (Lipinski definition) is 2. The highest BCUT2D eigenvalue weighted by Gasteiger charge is 2.24. The number of nitrogens with one attached hydrogen (secondary N) is 1. The van der Waals surface area contributed by atoms with Crippen molar-refractivity contribution in [2.45, 2.75) is 53.1 Å². The average Bonchev–Trinajstić information content (AvgIpc) is 1.96. The molecular formula is C10H21NO2. The van der Waals surface area contributed by atoms with Gasteiger partial charge in [0.05, 0.1) is 0 Å². The maximum absolute atomic E-state index is 10.7. The van der Waals surface area contributed by atoms with Crippen LogP contribution in [0.3, 0.4) is 0 Å². The van der Waals surface area contributed by atoms with E-state index in [2.05, 4.69) is 26.1 Å². The van der Waals surface area contributed by atoms with Gasteiger partial charge < -0.3 is 10.4 Å². The van der Waals surface area contributed by atoms with E-state index in [-0.39, 0.29) is 11.5 Å². The molecule has 0 fully saturated rings. The number of aliphatic carboxylic acids is 1. The molecular weight excluding hydrogens is 166 g/mol. The third-order valence-corrected chi connectivity index (χ3v) is 2.46. The number of carboxylic acid groups (broad SMARTS) is 1. The molecule has 0 aromatic heterocycles. The molecule has 0 aliphatic rings. The molecule has 2 atom stereocenters. The number of carbonyl (C=O) groups is 1. The molecule has 3 nitrogen and oxygen atoms in total. The molecule has 78 valence electrons. The van der Waals surface area contributed by atoms with Crippen molar-refractivity contribution in [1.82, 2.24) is 5.32 Å². The molecule has 0 unspecified atom stereocenters. The van der Waals surface area contributed by atoms with Crippen LogP contribution in [0.1, 0.15) is 41.0 Å². The van der Waals surface area contributed by atoms with Gasteiger partial charge in [-0.2, -0.15) is 0 Å². The van der Waals surface area contributed by atoms with Crippen molar-refractivity contribution >= 4 is 5.97 Å². The molecule has 13 heavy (non-hydrogen) atoms. The Morgan fingerprint density at radius 2 is 1.92 bits per heavy atom. The van der Waals surface area contributed by atoms with Gasteiger partial charge in [-0.15, -0.1) is 0 Å². The van der Waals surface area contributed by atoms with Gasteiger partial charge in [-0.3, -0.25) is 4.79 Å². The highest BCUT2D eigenvalue weighted by atomic mass is 16.4. The predicted octanol–water partition coefficient (Wildman–Crippen LogP) is 1.87. The van der Waals surface area contributed by atoms with E-state index in [1.54, 1.807) is 0 Å². The van der Waals surface area contributed by atoms with Crippen LogP contribution in [0.5, 0.6) is 0 Å². The Kier molecular flexibility index (Phi) is 4.40. The van der Waals surface area contributed by atoms with E-state index in [9.17, 15) is 4.79 Å². The summed E-state index contributed by atoms with van der Waals surface area (Å²) in [7, 11) is 0. The molecule has 0 amide bonds. The summed E-state index contributed by atoms with van der Waals surface area (Å²) in [5, 5.41) is 11.9.